The van der Waals surface area contributed by atoms with E-state index in [0.717, 1.165) is 47.4 Å². The van der Waals surface area contributed by atoms with E-state index in [4.69, 9.17) is 16.3 Å². The van der Waals surface area contributed by atoms with Crippen LogP contribution < -0.4 is 9.64 Å². The minimum Gasteiger partial charge on any atom is -0.453 e. The SMILES string of the molecule is CN(C)CCCN1c2ccccc2Oc2ccc(Cl)cc21.Cl. The quantitative estimate of drug-likeness (QED) is 0.783. The first-order chi connectivity index (χ1) is 10.1. The first-order valence-electron chi connectivity index (χ1n) is 7.14. The molecule has 1 heterocycles. The molecule has 2 aromatic carbocycles. The van der Waals surface area contributed by atoms with E-state index in [1.165, 1.54) is 0 Å². The summed E-state index contributed by atoms with van der Waals surface area (Å²) in [6.07, 6.45) is 1.08. The Balaban J connectivity index is 0.00000176. The van der Waals surface area contributed by atoms with Gasteiger partial charge in [0.1, 0.15) is 0 Å². The van der Waals surface area contributed by atoms with Crippen LogP contribution in [0.5, 0.6) is 11.5 Å². The van der Waals surface area contributed by atoms with E-state index >= 15 is 0 Å². The van der Waals surface area contributed by atoms with Gasteiger partial charge in [-0.3, -0.25) is 0 Å². The highest BCUT2D eigenvalue weighted by Gasteiger charge is 2.23. The molecule has 0 unspecified atom stereocenters. The average molecular weight is 339 g/mol. The van der Waals surface area contributed by atoms with Crippen LogP contribution >= 0.6 is 24.0 Å². The van der Waals surface area contributed by atoms with Crippen LogP contribution in [0.4, 0.5) is 11.4 Å². The molecular formula is C17H20Cl2N2O. The van der Waals surface area contributed by atoms with Gasteiger partial charge >= 0.3 is 0 Å². The van der Waals surface area contributed by atoms with Crippen molar-refractivity contribution in [3.63, 3.8) is 0 Å². The molecule has 118 valence electrons. The molecule has 0 saturated carbocycles. The first-order valence-corrected chi connectivity index (χ1v) is 7.51. The molecule has 0 fully saturated rings. The average Bonchev–Trinajstić information content (AvgIpc) is 2.46. The Morgan fingerprint density at radius 1 is 1.05 bits per heavy atom. The third-order valence-corrected chi connectivity index (χ3v) is 3.81. The number of ether oxygens (including phenoxy) is 1. The minimum absolute atomic E-state index is 0. The number of para-hydroxylation sites is 2. The van der Waals surface area contributed by atoms with Crippen molar-refractivity contribution in [2.24, 2.45) is 0 Å². The lowest BCUT2D eigenvalue weighted by Crippen LogP contribution is -2.25. The Morgan fingerprint density at radius 2 is 1.77 bits per heavy atom. The van der Waals surface area contributed by atoms with Crippen molar-refractivity contribution in [2.45, 2.75) is 6.42 Å². The molecule has 0 spiro atoms. The van der Waals surface area contributed by atoms with E-state index in [0.29, 0.717) is 0 Å². The van der Waals surface area contributed by atoms with Crippen LogP contribution in [0.2, 0.25) is 5.02 Å². The van der Waals surface area contributed by atoms with Crippen LogP contribution in [0.15, 0.2) is 42.5 Å². The zero-order valence-corrected chi connectivity index (χ0v) is 14.3. The molecule has 3 nitrogen and oxygen atoms in total. The molecule has 5 heteroatoms. The van der Waals surface area contributed by atoms with Crippen molar-refractivity contribution >= 4 is 35.4 Å². The molecule has 0 saturated heterocycles. The van der Waals surface area contributed by atoms with Crippen LogP contribution in [0.1, 0.15) is 6.42 Å². The minimum atomic E-state index is 0. The van der Waals surface area contributed by atoms with Crippen LogP contribution in [0, 0.1) is 0 Å². The van der Waals surface area contributed by atoms with Gasteiger partial charge in [0.25, 0.3) is 0 Å². The normalized spacial score (nSPS) is 12.3. The number of nitrogens with zero attached hydrogens (tertiary/aromatic N) is 2. The van der Waals surface area contributed by atoms with Gasteiger partial charge in [-0.2, -0.15) is 0 Å². The van der Waals surface area contributed by atoms with Crippen LogP contribution in [-0.4, -0.2) is 32.1 Å². The van der Waals surface area contributed by atoms with Crippen LogP contribution in [0.25, 0.3) is 0 Å². The second-order valence-corrected chi connectivity index (χ2v) is 5.93. The number of benzene rings is 2. The molecule has 0 radical (unpaired) electrons. The predicted molar refractivity (Wildman–Crippen MR) is 95.4 cm³/mol. The molecule has 0 N–H and O–H groups in total. The number of hydrogen-bond donors (Lipinski definition) is 0. The van der Waals surface area contributed by atoms with Gasteiger partial charge in [-0.15, -0.1) is 12.4 Å². The Bertz CT molecular complexity index is 646. The molecule has 2 aromatic rings. The van der Waals surface area contributed by atoms with E-state index in [2.05, 4.69) is 30.0 Å². The molecule has 1 aliphatic heterocycles. The fraction of sp³-hybridized carbons (Fsp3) is 0.294. The second-order valence-electron chi connectivity index (χ2n) is 5.49. The number of halogens is 2. The van der Waals surface area contributed by atoms with Gasteiger partial charge in [0.05, 0.1) is 11.4 Å². The Labute approximate surface area is 142 Å². The van der Waals surface area contributed by atoms with E-state index < -0.39 is 0 Å². The van der Waals surface area contributed by atoms with E-state index in [-0.39, 0.29) is 12.4 Å². The smallest absolute Gasteiger partial charge is 0.151 e. The standard InChI is InChI=1S/C17H19ClN2O.ClH/c1-19(2)10-5-11-20-14-6-3-4-7-16(14)21-17-9-8-13(18)12-15(17)20;/h3-4,6-9,12H,5,10-11H2,1-2H3;1H. The van der Waals surface area contributed by atoms with Crippen molar-refractivity contribution < 1.29 is 4.74 Å². The summed E-state index contributed by atoms with van der Waals surface area (Å²) in [6, 6.07) is 13.9. The maximum Gasteiger partial charge on any atom is 0.151 e. The Morgan fingerprint density at radius 3 is 2.55 bits per heavy atom. The monoisotopic (exact) mass is 338 g/mol. The van der Waals surface area contributed by atoms with Gasteiger partial charge in [-0.05, 0) is 57.4 Å². The maximum absolute atomic E-state index is 6.16. The predicted octanol–water partition coefficient (Wildman–Crippen LogP) is 4.96. The van der Waals surface area contributed by atoms with Crippen molar-refractivity contribution in [2.75, 3.05) is 32.1 Å². The van der Waals surface area contributed by atoms with Gasteiger partial charge in [0.15, 0.2) is 11.5 Å². The second kappa shape index (κ2) is 7.23. The van der Waals surface area contributed by atoms with Crippen molar-refractivity contribution in [1.82, 2.24) is 4.90 Å². The molecule has 0 atom stereocenters. The van der Waals surface area contributed by atoms with E-state index in [1.54, 1.807) is 0 Å². The molecular weight excluding hydrogens is 319 g/mol. The van der Waals surface area contributed by atoms with Gasteiger partial charge in [-0.1, -0.05) is 23.7 Å². The molecule has 0 bridgehead atoms. The van der Waals surface area contributed by atoms with Gasteiger partial charge in [-0.25, -0.2) is 0 Å². The van der Waals surface area contributed by atoms with Crippen molar-refractivity contribution in [1.29, 1.82) is 0 Å². The molecule has 0 aromatic heterocycles. The number of rotatable bonds is 4. The lowest BCUT2D eigenvalue weighted by atomic mass is 10.1. The summed E-state index contributed by atoms with van der Waals surface area (Å²) in [4.78, 5) is 4.49. The highest BCUT2D eigenvalue weighted by atomic mass is 35.5. The largest absolute Gasteiger partial charge is 0.453 e. The summed E-state index contributed by atoms with van der Waals surface area (Å²) in [6.45, 7) is 1.99. The summed E-state index contributed by atoms with van der Waals surface area (Å²) in [7, 11) is 4.19. The lowest BCUT2D eigenvalue weighted by molar-refractivity contribution is 0.401. The van der Waals surface area contributed by atoms with Crippen molar-refractivity contribution in [3.8, 4) is 11.5 Å². The zero-order valence-electron chi connectivity index (χ0n) is 12.8. The third kappa shape index (κ3) is 3.49. The summed E-state index contributed by atoms with van der Waals surface area (Å²) >= 11 is 6.16. The topological polar surface area (TPSA) is 15.7 Å². The molecule has 1 aliphatic rings. The van der Waals surface area contributed by atoms with E-state index in [9.17, 15) is 0 Å². The fourth-order valence-electron chi connectivity index (χ4n) is 2.59. The highest BCUT2D eigenvalue weighted by molar-refractivity contribution is 6.31. The zero-order chi connectivity index (χ0) is 14.8. The fourth-order valence-corrected chi connectivity index (χ4v) is 2.75. The summed E-state index contributed by atoms with van der Waals surface area (Å²) in [5.74, 6) is 1.76. The van der Waals surface area contributed by atoms with Gasteiger partial charge < -0.3 is 14.5 Å². The number of anilines is 2. The summed E-state index contributed by atoms with van der Waals surface area (Å²) in [5, 5.41) is 0.731. The van der Waals surface area contributed by atoms with E-state index in [1.807, 2.05) is 36.4 Å². The van der Waals surface area contributed by atoms with Crippen LogP contribution in [-0.2, 0) is 0 Å². The third-order valence-electron chi connectivity index (χ3n) is 3.57. The summed E-state index contributed by atoms with van der Waals surface area (Å²) < 4.78 is 5.98. The summed E-state index contributed by atoms with van der Waals surface area (Å²) in [5.41, 5.74) is 2.14. The molecule has 0 amide bonds. The lowest BCUT2D eigenvalue weighted by Gasteiger charge is -2.33. The van der Waals surface area contributed by atoms with Gasteiger partial charge in [0.2, 0.25) is 0 Å². The highest BCUT2D eigenvalue weighted by Crippen LogP contribution is 2.47. The Hall–Kier alpha value is -1.42. The first kappa shape index (κ1) is 16.9. The van der Waals surface area contributed by atoms with Crippen LogP contribution in [0.3, 0.4) is 0 Å². The number of fused-ring (bicyclic) bond motifs is 2. The molecule has 22 heavy (non-hydrogen) atoms. The Kier molecular flexibility index (Phi) is 5.57. The molecule has 0 aliphatic carbocycles. The number of hydrogen-bond acceptors (Lipinski definition) is 3. The van der Waals surface area contributed by atoms with Crippen molar-refractivity contribution in [3.05, 3.63) is 47.5 Å². The van der Waals surface area contributed by atoms with Gasteiger partial charge in [0, 0.05) is 11.6 Å². The maximum atomic E-state index is 6.16. The molecule has 3 rings (SSSR count).